The Hall–Kier alpha value is -1.46. The molecule has 0 unspecified atom stereocenters. The molecule has 1 aromatic rings. The van der Waals surface area contributed by atoms with Crippen LogP contribution in [0, 0.1) is 18.8 Å². The highest BCUT2D eigenvalue weighted by Gasteiger charge is 1.96. The van der Waals surface area contributed by atoms with E-state index in [-0.39, 0.29) is 6.61 Å². The molecule has 0 fully saturated rings. The Labute approximate surface area is 72.0 Å². The van der Waals surface area contributed by atoms with E-state index in [0.717, 1.165) is 11.1 Å². The van der Waals surface area contributed by atoms with Crippen LogP contribution in [0.2, 0.25) is 0 Å². The van der Waals surface area contributed by atoms with Crippen LogP contribution in [0.3, 0.4) is 0 Å². The van der Waals surface area contributed by atoms with Crippen molar-refractivity contribution in [1.82, 2.24) is 0 Å². The molecule has 0 radical (unpaired) electrons. The van der Waals surface area contributed by atoms with Crippen molar-refractivity contribution >= 4 is 5.69 Å². The van der Waals surface area contributed by atoms with Gasteiger partial charge in [0.2, 0.25) is 0 Å². The summed E-state index contributed by atoms with van der Waals surface area (Å²) in [4.78, 5) is 0. The summed E-state index contributed by atoms with van der Waals surface area (Å²) >= 11 is 0. The van der Waals surface area contributed by atoms with Gasteiger partial charge in [-0.15, -0.1) is 0 Å². The Morgan fingerprint density at radius 1 is 1.50 bits per heavy atom. The zero-order valence-corrected chi connectivity index (χ0v) is 6.96. The van der Waals surface area contributed by atoms with Crippen molar-refractivity contribution in [3.05, 3.63) is 29.3 Å². The topological polar surface area (TPSA) is 46.2 Å². The number of benzene rings is 1. The molecule has 62 valence electrons. The average Bonchev–Trinajstić information content (AvgIpc) is 2.04. The van der Waals surface area contributed by atoms with Gasteiger partial charge in [-0.25, -0.2) is 0 Å². The van der Waals surface area contributed by atoms with Gasteiger partial charge in [0.25, 0.3) is 0 Å². The largest absolute Gasteiger partial charge is 0.398 e. The van der Waals surface area contributed by atoms with Gasteiger partial charge in [-0.3, -0.25) is 0 Å². The van der Waals surface area contributed by atoms with Gasteiger partial charge in [0.05, 0.1) is 5.56 Å². The van der Waals surface area contributed by atoms with E-state index in [4.69, 9.17) is 10.8 Å². The Balaban J connectivity index is 3.13. The van der Waals surface area contributed by atoms with Crippen molar-refractivity contribution in [3.63, 3.8) is 0 Å². The zero-order valence-electron chi connectivity index (χ0n) is 6.96. The van der Waals surface area contributed by atoms with E-state index in [1.807, 2.05) is 19.1 Å². The van der Waals surface area contributed by atoms with Gasteiger partial charge in [-0.05, 0) is 18.6 Å². The maximum absolute atomic E-state index is 8.49. The van der Waals surface area contributed by atoms with Gasteiger partial charge in [0.15, 0.2) is 0 Å². The van der Waals surface area contributed by atoms with E-state index < -0.39 is 0 Å². The monoisotopic (exact) mass is 161 g/mol. The first kappa shape index (κ1) is 8.63. The quantitative estimate of drug-likeness (QED) is 0.439. The number of nitrogen functional groups attached to an aromatic ring is 1. The molecule has 0 saturated heterocycles. The number of aliphatic hydroxyl groups excluding tert-OH is 1. The molecule has 0 heterocycles. The lowest BCUT2D eigenvalue weighted by Crippen LogP contribution is -1.92. The summed E-state index contributed by atoms with van der Waals surface area (Å²) in [5.41, 5.74) is 8.19. The molecule has 3 N–H and O–H groups in total. The fourth-order valence-electron chi connectivity index (χ4n) is 0.989. The van der Waals surface area contributed by atoms with Crippen LogP contribution in [0.25, 0.3) is 0 Å². The molecule has 1 aromatic carbocycles. The van der Waals surface area contributed by atoms with Crippen LogP contribution >= 0.6 is 0 Å². The van der Waals surface area contributed by atoms with Gasteiger partial charge >= 0.3 is 0 Å². The Bertz CT molecular complexity index is 313. The third-order valence-electron chi connectivity index (χ3n) is 1.60. The fourth-order valence-corrected chi connectivity index (χ4v) is 0.989. The van der Waals surface area contributed by atoms with E-state index >= 15 is 0 Å². The predicted molar refractivity (Wildman–Crippen MR) is 49.6 cm³/mol. The number of rotatable bonds is 0. The van der Waals surface area contributed by atoms with Crippen LogP contribution in [0.5, 0.6) is 0 Å². The first-order valence-electron chi connectivity index (χ1n) is 3.70. The lowest BCUT2D eigenvalue weighted by Gasteiger charge is -2.00. The molecule has 0 atom stereocenters. The predicted octanol–water partition coefficient (Wildman–Crippen LogP) is 0.921. The number of aliphatic hydroxyl groups is 1. The lowest BCUT2D eigenvalue weighted by molar-refractivity contribution is 0.350. The van der Waals surface area contributed by atoms with Crippen LogP contribution in [0.15, 0.2) is 18.2 Å². The van der Waals surface area contributed by atoms with Crippen molar-refractivity contribution < 1.29 is 5.11 Å². The number of hydrogen-bond donors (Lipinski definition) is 2. The minimum Gasteiger partial charge on any atom is -0.398 e. The first-order valence-corrected chi connectivity index (χ1v) is 3.70. The minimum atomic E-state index is -0.131. The summed E-state index contributed by atoms with van der Waals surface area (Å²) in [7, 11) is 0. The highest BCUT2D eigenvalue weighted by atomic mass is 16.2. The molecule has 1 rings (SSSR count). The number of nitrogens with two attached hydrogens (primary N) is 1. The van der Waals surface area contributed by atoms with Gasteiger partial charge in [-0.1, -0.05) is 24.0 Å². The summed E-state index contributed by atoms with van der Waals surface area (Å²) in [5, 5.41) is 8.49. The Morgan fingerprint density at radius 2 is 2.25 bits per heavy atom. The van der Waals surface area contributed by atoms with Crippen molar-refractivity contribution in [1.29, 1.82) is 0 Å². The van der Waals surface area contributed by atoms with Crippen molar-refractivity contribution in [2.24, 2.45) is 0 Å². The summed E-state index contributed by atoms with van der Waals surface area (Å²) in [6.45, 7) is 1.81. The van der Waals surface area contributed by atoms with Crippen LogP contribution in [-0.2, 0) is 0 Å². The van der Waals surface area contributed by atoms with Crippen molar-refractivity contribution in [3.8, 4) is 11.8 Å². The SMILES string of the molecule is Cc1cccc(N)c1C#CCO. The molecular formula is C10H11NO. The molecular weight excluding hydrogens is 150 g/mol. The third kappa shape index (κ3) is 1.77. The van der Waals surface area contributed by atoms with Gasteiger partial charge in [0.1, 0.15) is 6.61 Å². The highest BCUT2D eigenvalue weighted by molar-refractivity contribution is 5.59. The molecule has 2 nitrogen and oxygen atoms in total. The second kappa shape index (κ2) is 3.80. The fraction of sp³-hybridized carbons (Fsp3) is 0.200. The average molecular weight is 161 g/mol. The summed E-state index contributed by atoms with van der Waals surface area (Å²) in [5.74, 6) is 5.38. The zero-order chi connectivity index (χ0) is 8.97. The van der Waals surface area contributed by atoms with Gasteiger partial charge in [0, 0.05) is 5.69 Å². The molecule has 0 aliphatic heterocycles. The number of hydrogen-bond acceptors (Lipinski definition) is 2. The van der Waals surface area contributed by atoms with Gasteiger partial charge < -0.3 is 10.8 Å². The number of anilines is 1. The molecule has 0 spiro atoms. The second-order valence-electron chi connectivity index (χ2n) is 2.50. The molecule has 0 saturated carbocycles. The maximum atomic E-state index is 8.49. The van der Waals surface area contributed by atoms with Crippen LogP contribution < -0.4 is 5.73 Å². The molecule has 0 bridgehead atoms. The van der Waals surface area contributed by atoms with E-state index in [1.54, 1.807) is 6.07 Å². The lowest BCUT2D eigenvalue weighted by atomic mass is 10.1. The molecule has 0 aliphatic carbocycles. The standard InChI is InChI=1S/C10H11NO/c1-8-4-2-6-10(11)9(8)5-3-7-12/h2,4,6,12H,7,11H2,1H3. The summed E-state index contributed by atoms with van der Waals surface area (Å²) in [6.07, 6.45) is 0. The van der Waals surface area contributed by atoms with E-state index in [1.165, 1.54) is 0 Å². The normalized spacial score (nSPS) is 8.83. The highest BCUT2D eigenvalue weighted by Crippen LogP contribution is 2.13. The second-order valence-corrected chi connectivity index (χ2v) is 2.50. The van der Waals surface area contributed by atoms with E-state index in [2.05, 4.69) is 11.8 Å². The molecule has 0 aliphatic rings. The maximum Gasteiger partial charge on any atom is 0.104 e. The van der Waals surface area contributed by atoms with Crippen LogP contribution in [0.4, 0.5) is 5.69 Å². The first-order chi connectivity index (χ1) is 5.75. The Kier molecular flexibility index (Phi) is 2.73. The summed E-state index contributed by atoms with van der Waals surface area (Å²) < 4.78 is 0. The van der Waals surface area contributed by atoms with Crippen molar-refractivity contribution in [2.45, 2.75) is 6.92 Å². The smallest absolute Gasteiger partial charge is 0.104 e. The number of aryl methyl sites for hydroxylation is 1. The third-order valence-corrected chi connectivity index (χ3v) is 1.60. The molecule has 2 heteroatoms. The van der Waals surface area contributed by atoms with Crippen LogP contribution in [-0.4, -0.2) is 11.7 Å². The minimum absolute atomic E-state index is 0.131. The summed E-state index contributed by atoms with van der Waals surface area (Å²) in [6, 6.07) is 5.63. The molecule has 12 heavy (non-hydrogen) atoms. The van der Waals surface area contributed by atoms with E-state index in [0.29, 0.717) is 5.69 Å². The van der Waals surface area contributed by atoms with Gasteiger partial charge in [-0.2, -0.15) is 0 Å². The van der Waals surface area contributed by atoms with Crippen LogP contribution in [0.1, 0.15) is 11.1 Å². The molecule has 0 aromatic heterocycles. The molecule has 0 amide bonds. The van der Waals surface area contributed by atoms with E-state index in [9.17, 15) is 0 Å². The Morgan fingerprint density at radius 3 is 2.83 bits per heavy atom. The van der Waals surface area contributed by atoms with Crippen molar-refractivity contribution in [2.75, 3.05) is 12.3 Å².